The number of hydrogen-bond acceptors (Lipinski definition) is 3. The number of pyridine rings is 1. The van der Waals surface area contributed by atoms with Crippen LogP contribution in [0.3, 0.4) is 0 Å². The van der Waals surface area contributed by atoms with E-state index in [1.165, 1.54) is 0 Å². The summed E-state index contributed by atoms with van der Waals surface area (Å²) in [5.41, 5.74) is 1.20. The molecule has 1 aromatic heterocycles. The van der Waals surface area contributed by atoms with Crippen molar-refractivity contribution < 1.29 is 9.59 Å². The lowest BCUT2D eigenvalue weighted by atomic mass is 10.2. The summed E-state index contributed by atoms with van der Waals surface area (Å²) in [4.78, 5) is 30.3. The van der Waals surface area contributed by atoms with E-state index >= 15 is 0 Å². The molecule has 0 bridgehead atoms. The summed E-state index contributed by atoms with van der Waals surface area (Å²) in [5, 5.41) is 2.76. The Bertz CT molecular complexity index is 652. The zero-order chi connectivity index (χ0) is 15.9. The lowest BCUT2D eigenvalue weighted by Gasteiger charge is -2.18. The molecule has 0 aliphatic carbocycles. The fraction of sp³-hybridized carbons (Fsp3) is 0.235. The molecule has 0 unspecified atom stereocenters. The third-order valence-electron chi connectivity index (χ3n) is 3.28. The van der Waals surface area contributed by atoms with Gasteiger partial charge < -0.3 is 10.2 Å². The number of benzene rings is 1. The summed E-state index contributed by atoms with van der Waals surface area (Å²) >= 11 is 0. The Morgan fingerprint density at radius 1 is 0.955 bits per heavy atom. The zero-order valence-electron chi connectivity index (χ0n) is 12.7. The Morgan fingerprint density at radius 2 is 1.59 bits per heavy atom. The van der Waals surface area contributed by atoms with Crippen LogP contribution < -0.4 is 5.32 Å². The van der Waals surface area contributed by atoms with E-state index in [2.05, 4.69) is 10.3 Å². The van der Waals surface area contributed by atoms with Crippen molar-refractivity contribution in [2.24, 2.45) is 0 Å². The summed E-state index contributed by atoms with van der Waals surface area (Å²) in [6.45, 7) is 5.04. The van der Waals surface area contributed by atoms with Gasteiger partial charge in [0.05, 0.1) is 0 Å². The molecule has 2 aromatic rings. The van der Waals surface area contributed by atoms with E-state index < -0.39 is 0 Å². The molecule has 0 saturated heterocycles. The summed E-state index contributed by atoms with van der Waals surface area (Å²) in [6, 6.07) is 14.0. The molecule has 5 heteroatoms. The van der Waals surface area contributed by atoms with Gasteiger partial charge in [-0.3, -0.25) is 9.59 Å². The van der Waals surface area contributed by atoms with Crippen LogP contribution in [0.5, 0.6) is 0 Å². The van der Waals surface area contributed by atoms with Gasteiger partial charge in [-0.05, 0) is 38.1 Å². The predicted octanol–water partition coefficient (Wildman–Crippen LogP) is 2.82. The molecular weight excluding hydrogens is 278 g/mol. The second-order valence-electron chi connectivity index (χ2n) is 4.71. The van der Waals surface area contributed by atoms with Crippen molar-refractivity contribution in [1.29, 1.82) is 0 Å². The molecule has 2 rings (SSSR count). The Hall–Kier alpha value is -2.69. The normalized spacial score (nSPS) is 10.1. The van der Waals surface area contributed by atoms with Crippen molar-refractivity contribution in [1.82, 2.24) is 9.88 Å². The number of rotatable bonds is 5. The Kier molecular flexibility index (Phi) is 5.25. The smallest absolute Gasteiger partial charge is 0.274 e. The molecule has 5 nitrogen and oxygen atoms in total. The minimum absolute atomic E-state index is 0.167. The molecule has 22 heavy (non-hydrogen) atoms. The highest BCUT2D eigenvalue weighted by Crippen LogP contribution is 2.09. The average Bonchev–Trinajstić information content (AvgIpc) is 2.57. The van der Waals surface area contributed by atoms with Gasteiger partial charge in [0, 0.05) is 18.8 Å². The van der Waals surface area contributed by atoms with E-state index in [9.17, 15) is 9.59 Å². The predicted molar refractivity (Wildman–Crippen MR) is 85.9 cm³/mol. The minimum Gasteiger partial charge on any atom is -0.338 e. The first-order valence-corrected chi connectivity index (χ1v) is 7.28. The van der Waals surface area contributed by atoms with Crippen molar-refractivity contribution >= 4 is 17.5 Å². The van der Waals surface area contributed by atoms with Crippen LogP contribution in [-0.2, 0) is 0 Å². The highest BCUT2D eigenvalue weighted by atomic mass is 16.2. The van der Waals surface area contributed by atoms with Gasteiger partial charge in [0.1, 0.15) is 11.4 Å². The van der Waals surface area contributed by atoms with Gasteiger partial charge in [-0.1, -0.05) is 24.3 Å². The number of anilines is 1. The van der Waals surface area contributed by atoms with Crippen molar-refractivity contribution in [3.05, 3.63) is 59.9 Å². The number of carbonyl (C=O) groups is 2. The summed E-state index contributed by atoms with van der Waals surface area (Å²) in [5.74, 6) is -0.500. The third kappa shape index (κ3) is 3.69. The molecule has 0 saturated carbocycles. The van der Waals surface area contributed by atoms with Gasteiger partial charge in [0.25, 0.3) is 11.8 Å². The first kappa shape index (κ1) is 15.7. The van der Waals surface area contributed by atoms with E-state index in [1.807, 2.05) is 32.0 Å². The number of aromatic nitrogens is 1. The molecular formula is C17H19N3O2. The summed E-state index contributed by atoms with van der Waals surface area (Å²) in [6.07, 6.45) is 0. The maximum absolute atomic E-state index is 12.3. The quantitative estimate of drug-likeness (QED) is 0.923. The summed E-state index contributed by atoms with van der Waals surface area (Å²) in [7, 11) is 0. The number of para-hydroxylation sites is 1. The molecule has 0 spiro atoms. The Labute approximate surface area is 130 Å². The fourth-order valence-electron chi connectivity index (χ4n) is 2.07. The van der Waals surface area contributed by atoms with Crippen LogP contribution in [0.4, 0.5) is 5.69 Å². The minimum atomic E-state index is -0.333. The summed E-state index contributed by atoms with van der Waals surface area (Å²) < 4.78 is 0. The molecule has 0 aliphatic rings. The molecule has 1 heterocycles. The highest BCUT2D eigenvalue weighted by molar-refractivity contribution is 6.03. The van der Waals surface area contributed by atoms with E-state index in [0.717, 1.165) is 0 Å². The molecule has 0 fully saturated rings. The first-order chi connectivity index (χ1) is 10.7. The SMILES string of the molecule is CCN(CC)C(=O)c1cccc(C(=O)Nc2ccccc2)n1. The third-order valence-corrected chi connectivity index (χ3v) is 3.28. The van der Waals surface area contributed by atoms with Crippen LogP contribution in [0.1, 0.15) is 34.8 Å². The topological polar surface area (TPSA) is 62.3 Å². The number of amides is 2. The van der Waals surface area contributed by atoms with Crippen LogP contribution in [-0.4, -0.2) is 34.8 Å². The van der Waals surface area contributed by atoms with Crippen molar-refractivity contribution in [3.63, 3.8) is 0 Å². The van der Waals surface area contributed by atoms with Crippen LogP contribution in [0.25, 0.3) is 0 Å². The maximum Gasteiger partial charge on any atom is 0.274 e. The number of carbonyl (C=O) groups excluding carboxylic acids is 2. The monoisotopic (exact) mass is 297 g/mol. The molecule has 0 aliphatic heterocycles. The molecule has 114 valence electrons. The number of hydrogen-bond donors (Lipinski definition) is 1. The van der Waals surface area contributed by atoms with Crippen LogP contribution in [0, 0.1) is 0 Å². The van der Waals surface area contributed by atoms with Crippen LogP contribution in [0.15, 0.2) is 48.5 Å². The lowest BCUT2D eigenvalue weighted by Crippen LogP contribution is -2.31. The fourth-order valence-corrected chi connectivity index (χ4v) is 2.07. The van der Waals surface area contributed by atoms with Crippen molar-refractivity contribution in [3.8, 4) is 0 Å². The standard InChI is InChI=1S/C17H19N3O2/c1-3-20(4-2)17(22)15-12-8-11-14(19-15)16(21)18-13-9-6-5-7-10-13/h5-12H,3-4H2,1-2H3,(H,18,21). The Morgan fingerprint density at radius 3 is 2.23 bits per heavy atom. The van der Waals surface area contributed by atoms with E-state index in [0.29, 0.717) is 18.8 Å². The van der Waals surface area contributed by atoms with Crippen LogP contribution >= 0.6 is 0 Å². The van der Waals surface area contributed by atoms with E-state index in [4.69, 9.17) is 0 Å². The largest absolute Gasteiger partial charge is 0.338 e. The van der Waals surface area contributed by atoms with Gasteiger partial charge in [0.15, 0.2) is 0 Å². The number of nitrogens with zero attached hydrogens (tertiary/aromatic N) is 2. The first-order valence-electron chi connectivity index (χ1n) is 7.28. The number of nitrogens with one attached hydrogen (secondary N) is 1. The second kappa shape index (κ2) is 7.36. The molecule has 1 N–H and O–H groups in total. The molecule has 2 amide bonds. The molecule has 1 aromatic carbocycles. The van der Waals surface area contributed by atoms with Crippen molar-refractivity contribution in [2.75, 3.05) is 18.4 Å². The zero-order valence-corrected chi connectivity index (χ0v) is 12.7. The van der Waals surface area contributed by atoms with Gasteiger partial charge >= 0.3 is 0 Å². The van der Waals surface area contributed by atoms with E-state index in [1.54, 1.807) is 35.2 Å². The Balaban J connectivity index is 2.17. The molecule has 0 radical (unpaired) electrons. The van der Waals surface area contributed by atoms with Gasteiger partial charge in [-0.25, -0.2) is 4.98 Å². The van der Waals surface area contributed by atoms with Gasteiger partial charge in [0.2, 0.25) is 0 Å². The van der Waals surface area contributed by atoms with E-state index in [-0.39, 0.29) is 23.2 Å². The maximum atomic E-state index is 12.3. The average molecular weight is 297 g/mol. The van der Waals surface area contributed by atoms with Crippen LogP contribution in [0.2, 0.25) is 0 Å². The van der Waals surface area contributed by atoms with Gasteiger partial charge in [-0.2, -0.15) is 0 Å². The second-order valence-corrected chi connectivity index (χ2v) is 4.71. The lowest BCUT2D eigenvalue weighted by molar-refractivity contribution is 0.0767. The van der Waals surface area contributed by atoms with Crippen molar-refractivity contribution in [2.45, 2.75) is 13.8 Å². The highest BCUT2D eigenvalue weighted by Gasteiger charge is 2.16. The molecule has 0 atom stereocenters. The van der Waals surface area contributed by atoms with Gasteiger partial charge in [-0.15, -0.1) is 0 Å².